The van der Waals surface area contributed by atoms with Crippen LogP contribution in [-0.2, 0) is 14.8 Å². The number of aryl methyl sites for hydroxylation is 1. The van der Waals surface area contributed by atoms with Crippen LogP contribution in [0.1, 0.15) is 5.69 Å². The van der Waals surface area contributed by atoms with Crippen LogP contribution in [0.5, 0.6) is 5.88 Å². The first-order valence-electron chi connectivity index (χ1n) is 7.52. The normalized spacial score (nSPS) is 10.6. The van der Waals surface area contributed by atoms with E-state index in [1.54, 1.807) is 6.92 Å². The van der Waals surface area contributed by atoms with Crippen molar-refractivity contribution in [3.05, 3.63) is 33.9 Å². The van der Waals surface area contributed by atoms with Crippen LogP contribution in [0.2, 0.25) is 10.0 Å². The maximum Gasteiger partial charge on any atom is 0.290 e. The van der Waals surface area contributed by atoms with E-state index in [2.05, 4.69) is 14.7 Å². The highest BCUT2D eigenvalue weighted by atomic mass is 35.5. The summed E-state index contributed by atoms with van der Waals surface area (Å²) in [6.07, 6.45) is 0. The van der Waals surface area contributed by atoms with Gasteiger partial charge in [0.1, 0.15) is 9.92 Å². The number of hydrogen-bond acceptors (Lipinski definition) is 8. The SMILES string of the molecule is COc1nc(SCCN)c(C)nc1NS(=O)(=O)c1cccc(Cl)c1Cl.O=CO. The Morgan fingerprint density at radius 3 is 2.57 bits per heavy atom. The van der Waals surface area contributed by atoms with Crippen molar-refractivity contribution in [3.63, 3.8) is 0 Å². The predicted molar refractivity (Wildman–Crippen MR) is 109 cm³/mol. The number of sulfonamides is 1. The molecule has 0 aliphatic heterocycles. The maximum absolute atomic E-state index is 12.6. The van der Waals surface area contributed by atoms with Crippen LogP contribution in [0, 0.1) is 6.92 Å². The summed E-state index contributed by atoms with van der Waals surface area (Å²) in [5, 5.41) is 7.56. The number of nitrogens with two attached hydrogens (primary N) is 1. The Bertz CT molecular complexity index is 929. The van der Waals surface area contributed by atoms with Crippen molar-refractivity contribution < 1.29 is 23.1 Å². The Balaban J connectivity index is 0.00000122. The fourth-order valence-electron chi connectivity index (χ4n) is 1.86. The van der Waals surface area contributed by atoms with Crippen molar-refractivity contribution in [2.24, 2.45) is 5.73 Å². The van der Waals surface area contributed by atoms with Crippen molar-refractivity contribution in [2.45, 2.75) is 16.8 Å². The largest absolute Gasteiger partial charge is 0.483 e. The second-order valence-corrected chi connectivity index (χ2v) is 8.39. The van der Waals surface area contributed by atoms with E-state index in [0.29, 0.717) is 23.0 Å². The summed E-state index contributed by atoms with van der Waals surface area (Å²) in [5.74, 6) is 0.669. The van der Waals surface area contributed by atoms with E-state index in [1.165, 1.54) is 37.1 Å². The van der Waals surface area contributed by atoms with Crippen LogP contribution >= 0.6 is 35.0 Å². The third-order valence-corrected chi connectivity index (χ3v) is 6.39. The number of halogens is 2. The minimum Gasteiger partial charge on any atom is -0.483 e. The third kappa shape index (κ3) is 6.38. The van der Waals surface area contributed by atoms with E-state index in [0.717, 1.165) is 0 Å². The molecule has 0 aliphatic carbocycles. The minimum atomic E-state index is -4.02. The average molecular weight is 469 g/mol. The van der Waals surface area contributed by atoms with Crippen LogP contribution < -0.4 is 15.2 Å². The fourth-order valence-corrected chi connectivity index (χ4v) is 4.34. The van der Waals surface area contributed by atoms with Crippen molar-refractivity contribution in [1.82, 2.24) is 9.97 Å². The van der Waals surface area contributed by atoms with Crippen LogP contribution in [-0.4, -0.2) is 49.4 Å². The highest BCUT2D eigenvalue weighted by Gasteiger charge is 2.23. The number of ether oxygens (including phenoxy) is 1. The fraction of sp³-hybridized carbons (Fsp3) is 0.267. The molecule has 4 N–H and O–H groups in total. The van der Waals surface area contributed by atoms with Gasteiger partial charge in [0.25, 0.3) is 22.4 Å². The molecule has 1 aromatic heterocycles. The van der Waals surface area contributed by atoms with Gasteiger partial charge in [0.05, 0.1) is 22.8 Å². The zero-order chi connectivity index (χ0) is 21.3. The van der Waals surface area contributed by atoms with Gasteiger partial charge in [-0.3, -0.25) is 9.52 Å². The molecular weight excluding hydrogens is 451 g/mol. The lowest BCUT2D eigenvalue weighted by Crippen LogP contribution is -2.16. The number of carboxylic acid groups (broad SMARTS) is 1. The van der Waals surface area contributed by atoms with Crippen LogP contribution in [0.25, 0.3) is 0 Å². The molecule has 0 fully saturated rings. The van der Waals surface area contributed by atoms with Crippen molar-refractivity contribution in [2.75, 3.05) is 24.1 Å². The molecule has 0 saturated heterocycles. The summed E-state index contributed by atoms with van der Waals surface area (Å²) >= 11 is 13.3. The topological polar surface area (TPSA) is 144 Å². The number of rotatable bonds is 7. The second-order valence-electron chi connectivity index (χ2n) is 4.87. The van der Waals surface area contributed by atoms with Gasteiger partial charge in [0.15, 0.2) is 0 Å². The van der Waals surface area contributed by atoms with Gasteiger partial charge in [-0.15, -0.1) is 11.8 Å². The van der Waals surface area contributed by atoms with Crippen molar-refractivity contribution >= 4 is 57.3 Å². The molecule has 0 saturated carbocycles. The standard InChI is InChI=1S/C14H16Cl2N4O3S2.CH2O2/c1-8-14(24-7-6-17)19-13(23-2)12(18-8)20-25(21,22)10-5-3-4-9(15)11(10)16;2-1-3/h3-5H,6-7,17H2,1-2H3,(H,18,20);1H,(H,2,3). The number of anilines is 1. The van der Waals surface area contributed by atoms with E-state index in [-0.39, 0.29) is 33.1 Å². The summed E-state index contributed by atoms with van der Waals surface area (Å²) in [6.45, 7) is 1.95. The minimum absolute atomic E-state index is 0.0341. The number of carbonyl (C=O) groups is 1. The zero-order valence-electron chi connectivity index (χ0n) is 14.8. The lowest BCUT2D eigenvalue weighted by molar-refractivity contribution is -0.122. The molecule has 13 heteroatoms. The first-order valence-corrected chi connectivity index (χ1v) is 10.7. The molecule has 0 amide bonds. The number of nitrogens with one attached hydrogen (secondary N) is 1. The molecule has 9 nitrogen and oxygen atoms in total. The Hall–Kier alpha value is -1.79. The molecule has 2 rings (SSSR count). The average Bonchev–Trinajstić information content (AvgIpc) is 2.63. The quantitative estimate of drug-likeness (QED) is 0.412. The Morgan fingerprint density at radius 1 is 1.36 bits per heavy atom. The van der Waals surface area contributed by atoms with E-state index in [4.69, 9.17) is 43.6 Å². The molecule has 0 radical (unpaired) electrons. The summed E-state index contributed by atoms with van der Waals surface area (Å²) in [4.78, 5) is 16.7. The monoisotopic (exact) mass is 468 g/mol. The van der Waals surface area contributed by atoms with E-state index in [1.807, 2.05) is 0 Å². The molecule has 1 heterocycles. The van der Waals surface area contributed by atoms with Gasteiger partial charge in [-0.2, -0.15) is 0 Å². The lowest BCUT2D eigenvalue weighted by Gasteiger charge is -2.14. The molecule has 28 heavy (non-hydrogen) atoms. The Morgan fingerprint density at radius 2 is 2.00 bits per heavy atom. The van der Waals surface area contributed by atoms with Crippen LogP contribution in [0.4, 0.5) is 5.82 Å². The molecule has 2 aromatic rings. The number of aromatic nitrogens is 2. The molecule has 154 valence electrons. The third-order valence-electron chi connectivity index (χ3n) is 2.98. The van der Waals surface area contributed by atoms with Crippen molar-refractivity contribution in [1.29, 1.82) is 0 Å². The van der Waals surface area contributed by atoms with Gasteiger partial charge in [-0.05, 0) is 19.1 Å². The zero-order valence-corrected chi connectivity index (χ0v) is 18.0. The molecule has 0 aliphatic rings. The highest BCUT2D eigenvalue weighted by molar-refractivity contribution is 7.99. The molecule has 0 atom stereocenters. The van der Waals surface area contributed by atoms with Crippen molar-refractivity contribution in [3.8, 4) is 5.88 Å². The number of methoxy groups -OCH3 is 1. The molecule has 1 aromatic carbocycles. The van der Waals surface area contributed by atoms with Crippen LogP contribution in [0.3, 0.4) is 0 Å². The first kappa shape index (κ1) is 24.2. The van der Waals surface area contributed by atoms with E-state index < -0.39 is 10.0 Å². The smallest absolute Gasteiger partial charge is 0.290 e. The summed E-state index contributed by atoms with van der Waals surface area (Å²) in [5.41, 5.74) is 6.04. The lowest BCUT2D eigenvalue weighted by atomic mass is 10.4. The first-order chi connectivity index (χ1) is 13.2. The summed E-state index contributed by atoms with van der Waals surface area (Å²) in [7, 11) is -2.65. The number of benzene rings is 1. The number of nitrogens with zero attached hydrogens (tertiary/aromatic N) is 2. The number of hydrogen-bond donors (Lipinski definition) is 3. The Labute approximate surface area is 176 Å². The van der Waals surface area contributed by atoms with E-state index >= 15 is 0 Å². The van der Waals surface area contributed by atoms with Gasteiger partial charge in [0, 0.05) is 12.3 Å². The molecule has 0 spiro atoms. The molecule has 0 unspecified atom stereocenters. The molecular formula is C15H18Cl2N4O5S2. The summed E-state index contributed by atoms with van der Waals surface area (Å²) < 4.78 is 32.7. The van der Waals surface area contributed by atoms with Gasteiger partial charge in [-0.25, -0.2) is 18.4 Å². The second kappa shape index (κ2) is 11.3. The predicted octanol–water partition coefficient (Wildman–Crippen LogP) is 2.65. The number of thioether (sulfide) groups is 1. The van der Waals surface area contributed by atoms with E-state index in [9.17, 15) is 8.42 Å². The van der Waals surface area contributed by atoms with Gasteiger partial charge in [0.2, 0.25) is 5.82 Å². The molecule has 0 bridgehead atoms. The van der Waals surface area contributed by atoms with Gasteiger partial charge >= 0.3 is 0 Å². The summed E-state index contributed by atoms with van der Waals surface area (Å²) in [6, 6.07) is 4.33. The van der Waals surface area contributed by atoms with Crippen LogP contribution in [0.15, 0.2) is 28.1 Å². The van der Waals surface area contributed by atoms with Gasteiger partial charge < -0.3 is 15.6 Å². The highest BCUT2D eigenvalue weighted by Crippen LogP contribution is 2.32. The Kier molecular flexibility index (Phi) is 9.76. The van der Waals surface area contributed by atoms with Gasteiger partial charge in [-0.1, -0.05) is 29.3 Å². The maximum atomic E-state index is 12.6.